The SMILES string of the molecule is CC(=O)c1cccc(OCc2ccc(C#N)cc2C)c1. The number of nitriles is 1. The molecule has 0 saturated heterocycles. The average molecular weight is 265 g/mol. The van der Waals surface area contributed by atoms with Crippen LogP contribution < -0.4 is 4.74 Å². The van der Waals surface area contributed by atoms with Gasteiger partial charge in [0.2, 0.25) is 0 Å². The van der Waals surface area contributed by atoms with E-state index in [1.165, 1.54) is 6.92 Å². The predicted octanol–water partition coefficient (Wildman–Crippen LogP) is 3.65. The molecule has 0 bridgehead atoms. The number of nitrogens with zero attached hydrogens (tertiary/aromatic N) is 1. The highest BCUT2D eigenvalue weighted by molar-refractivity contribution is 5.94. The van der Waals surface area contributed by atoms with Crippen molar-refractivity contribution in [1.29, 1.82) is 5.26 Å². The van der Waals surface area contributed by atoms with Crippen molar-refractivity contribution >= 4 is 5.78 Å². The van der Waals surface area contributed by atoms with Crippen molar-refractivity contribution in [2.75, 3.05) is 0 Å². The van der Waals surface area contributed by atoms with Gasteiger partial charge in [-0.2, -0.15) is 5.26 Å². The predicted molar refractivity (Wildman–Crippen MR) is 76.7 cm³/mol. The highest BCUT2D eigenvalue weighted by Crippen LogP contribution is 2.17. The minimum Gasteiger partial charge on any atom is -0.489 e. The Morgan fingerprint density at radius 2 is 2.05 bits per heavy atom. The maximum Gasteiger partial charge on any atom is 0.159 e. The van der Waals surface area contributed by atoms with Crippen LogP contribution in [0.3, 0.4) is 0 Å². The zero-order valence-electron chi connectivity index (χ0n) is 11.5. The first-order valence-electron chi connectivity index (χ1n) is 6.33. The van der Waals surface area contributed by atoms with Crippen LogP contribution in [0.15, 0.2) is 42.5 Å². The summed E-state index contributed by atoms with van der Waals surface area (Å²) < 4.78 is 5.70. The number of carbonyl (C=O) groups is 1. The monoisotopic (exact) mass is 265 g/mol. The second kappa shape index (κ2) is 6.03. The molecule has 0 N–H and O–H groups in total. The third kappa shape index (κ3) is 3.24. The lowest BCUT2D eigenvalue weighted by atomic mass is 10.1. The molecule has 2 aromatic rings. The number of benzene rings is 2. The lowest BCUT2D eigenvalue weighted by molar-refractivity contribution is 0.101. The van der Waals surface area contributed by atoms with E-state index in [-0.39, 0.29) is 5.78 Å². The lowest BCUT2D eigenvalue weighted by Crippen LogP contribution is -1.99. The highest BCUT2D eigenvalue weighted by Gasteiger charge is 2.04. The normalized spacial score (nSPS) is 9.85. The number of Topliss-reactive ketones (excluding diaryl/α,β-unsaturated/α-hetero) is 1. The summed E-state index contributed by atoms with van der Waals surface area (Å²) in [7, 11) is 0. The van der Waals surface area contributed by atoms with Gasteiger partial charge in [0.05, 0.1) is 11.6 Å². The van der Waals surface area contributed by atoms with E-state index in [0.717, 1.165) is 11.1 Å². The molecule has 0 saturated carbocycles. The molecule has 3 heteroatoms. The first-order valence-corrected chi connectivity index (χ1v) is 6.33. The van der Waals surface area contributed by atoms with E-state index in [2.05, 4.69) is 6.07 Å². The number of aryl methyl sites for hydroxylation is 1. The van der Waals surface area contributed by atoms with E-state index in [9.17, 15) is 4.79 Å². The summed E-state index contributed by atoms with van der Waals surface area (Å²) in [5.74, 6) is 0.687. The molecule has 0 unspecified atom stereocenters. The van der Waals surface area contributed by atoms with Crippen molar-refractivity contribution in [1.82, 2.24) is 0 Å². The number of ketones is 1. The number of carbonyl (C=O) groups excluding carboxylic acids is 1. The Hall–Kier alpha value is -2.60. The van der Waals surface area contributed by atoms with Crippen molar-refractivity contribution < 1.29 is 9.53 Å². The fourth-order valence-corrected chi connectivity index (χ4v) is 1.89. The molecule has 3 nitrogen and oxygen atoms in total. The Labute approximate surface area is 118 Å². The summed E-state index contributed by atoms with van der Waals surface area (Å²) in [5.41, 5.74) is 3.33. The van der Waals surface area contributed by atoms with Gasteiger partial charge >= 0.3 is 0 Å². The maximum absolute atomic E-state index is 11.3. The molecule has 20 heavy (non-hydrogen) atoms. The molecule has 2 aromatic carbocycles. The molecule has 0 amide bonds. The van der Waals surface area contributed by atoms with Crippen LogP contribution >= 0.6 is 0 Å². The van der Waals surface area contributed by atoms with Gasteiger partial charge in [-0.15, -0.1) is 0 Å². The lowest BCUT2D eigenvalue weighted by Gasteiger charge is -2.09. The van der Waals surface area contributed by atoms with Crippen molar-refractivity contribution in [3.8, 4) is 11.8 Å². The van der Waals surface area contributed by atoms with Gasteiger partial charge in [-0.25, -0.2) is 0 Å². The van der Waals surface area contributed by atoms with Crippen LogP contribution in [0.2, 0.25) is 0 Å². The molecule has 0 aliphatic heterocycles. The van der Waals surface area contributed by atoms with E-state index in [1.54, 1.807) is 24.3 Å². The van der Waals surface area contributed by atoms with Gasteiger partial charge in [0.1, 0.15) is 12.4 Å². The van der Waals surface area contributed by atoms with Crippen LogP contribution in [0.5, 0.6) is 5.75 Å². The Kier molecular flexibility index (Phi) is 4.17. The molecule has 0 aliphatic rings. The molecule has 0 aliphatic carbocycles. The van der Waals surface area contributed by atoms with Crippen LogP contribution in [-0.4, -0.2) is 5.78 Å². The smallest absolute Gasteiger partial charge is 0.159 e. The second-order valence-electron chi connectivity index (χ2n) is 4.63. The molecule has 0 fully saturated rings. The van der Waals surface area contributed by atoms with Crippen LogP contribution in [0, 0.1) is 18.3 Å². The minimum atomic E-state index is 0.0185. The third-order valence-corrected chi connectivity index (χ3v) is 3.11. The number of ether oxygens (including phenoxy) is 1. The minimum absolute atomic E-state index is 0.0185. The number of rotatable bonds is 4. The van der Waals surface area contributed by atoms with Crippen LogP contribution in [0.4, 0.5) is 0 Å². The zero-order valence-corrected chi connectivity index (χ0v) is 11.5. The summed E-state index contributed by atoms with van der Waals surface area (Å²) in [4.78, 5) is 11.3. The van der Waals surface area contributed by atoms with Crippen molar-refractivity contribution in [2.45, 2.75) is 20.5 Å². The molecule has 0 spiro atoms. The Balaban J connectivity index is 2.11. The summed E-state index contributed by atoms with van der Waals surface area (Å²) in [6, 6.07) is 14.7. The summed E-state index contributed by atoms with van der Waals surface area (Å²) in [6.45, 7) is 3.90. The largest absolute Gasteiger partial charge is 0.489 e. The quantitative estimate of drug-likeness (QED) is 0.793. The fourth-order valence-electron chi connectivity index (χ4n) is 1.89. The van der Waals surface area contributed by atoms with Crippen LogP contribution in [0.1, 0.15) is 34.0 Å². The van der Waals surface area contributed by atoms with E-state index < -0.39 is 0 Å². The molecule has 0 aromatic heterocycles. The molecule has 0 heterocycles. The van der Waals surface area contributed by atoms with Crippen molar-refractivity contribution in [2.24, 2.45) is 0 Å². The molecular formula is C17H15NO2. The topological polar surface area (TPSA) is 50.1 Å². The van der Waals surface area contributed by atoms with Crippen LogP contribution in [0.25, 0.3) is 0 Å². The number of hydrogen-bond donors (Lipinski definition) is 0. The molecule has 0 radical (unpaired) electrons. The van der Waals surface area contributed by atoms with Gasteiger partial charge in [-0.3, -0.25) is 4.79 Å². The summed E-state index contributed by atoms with van der Waals surface area (Å²) in [6.07, 6.45) is 0. The summed E-state index contributed by atoms with van der Waals surface area (Å²) in [5, 5.41) is 8.83. The zero-order chi connectivity index (χ0) is 14.5. The maximum atomic E-state index is 11.3. The van der Waals surface area contributed by atoms with Crippen molar-refractivity contribution in [3.63, 3.8) is 0 Å². The summed E-state index contributed by atoms with van der Waals surface area (Å²) >= 11 is 0. The van der Waals surface area contributed by atoms with Gasteiger partial charge in [-0.05, 0) is 49.2 Å². The molecule has 100 valence electrons. The third-order valence-electron chi connectivity index (χ3n) is 3.11. The first-order chi connectivity index (χ1) is 9.60. The van der Waals surface area contributed by atoms with E-state index in [0.29, 0.717) is 23.5 Å². The Bertz CT molecular complexity index is 684. The van der Waals surface area contributed by atoms with Gasteiger partial charge in [0.25, 0.3) is 0 Å². The Morgan fingerprint density at radius 1 is 1.25 bits per heavy atom. The molecule has 2 rings (SSSR count). The van der Waals surface area contributed by atoms with E-state index in [4.69, 9.17) is 10.00 Å². The Morgan fingerprint density at radius 3 is 2.70 bits per heavy atom. The highest BCUT2D eigenvalue weighted by atomic mass is 16.5. The van der Waals surface area contributed by atoms with E-state index >= 15 is 0 Å². The fraction of sp³-hybridized carbons (Fsp3) is 0.176. The molecular weight excluding hydrogens is 250 g/mol. The average Bonchev–Trinajstić information content (AvgIpc) is 2.46. The van der Waals surface area contributed by atoms with Crippen LogP contribution in [-0.2, 0) is 6.61 Å². The number of hydrogen-bond acceptors (Lipinski definition) is 3. The van der Waals surface area contributed by atoms with Gasteiger partial charge in [0.15, 0.2) is 5.78 Å². The van der Waals surface area contributed by atoms with Gasteiger partial charge < -0.3 is 4.74 Å². The first kappa shape index (κ1) is 13.8. The second-order valence-corrected chi connectivity index (χ2v) is 4.63. The van der Waals surface area contributed by atoms with Crippen molar-refractivity contribution in [3.05, 3.63) is 64.7 Å². The molecule has 0 atom stereocenters. The van der Waals surface area contributed by atoms with Gasteiger partial charge in [0, 0.05) is 5.56 Å². The van der Waals surface area contributed by atoms with Gasteiger partial charge in [-0.1, -0.05) is 18.2 Å². The standard InChI is InChI=1S/C17H15NO2/c1-12-8-14(10-18)6-7-16(12)11-20-17-5-3-4-15(9-17)13(2)19/h3-9H,11H2,1-2H3. The van der Waals surface area contributed by atoms with E-state index in [1.807, 2.05) is 25.1 Å².